The molecule has 0 fully saturated rings. The molecular formula is C18H17N5O3. The number of amides is 2. The Bertz CT molecular complexity index is 1090. The van der Waals surface area contributed by atoms with Gasteiger partial charge >= 0.3 is 5.91 Å². The molecule has 3 aromatic rings. The fraction of sp³-hybridized carbons (Fsp3) is 0.111. The van der Waals surface area contributed by atoms with E-state index in [4.69, 9.17) is 5.73 Å². The van der Waals surface area contributed by atoms with Gasteiger partial charge in [-0.05, 0) is 30.7 Å². The zero-order valence-corrected chi connectivity index (χ0v) is 14.2. The van der Waals surface area contributed by atoms with Crippen LogP contribution in [0.15, 0.2) is 47.3 Å². The normalized spacial score (nSPS) is 10.5. The third-order valence-electron chi connectivity index (χ3n) is 4.04. The van der Waals surface area contributed by atoms with Gasteiger partial charge in [-0.25, -0.2) is 4.98 Å². The van der Waals surface area contributed by atoms with Crippen molar-refractivity contribution in [3.63, 3.8) is 0 Å². The molecule has 8 heteroatoms. The maximum absolute atomic E-state index is 12.4. The molecule has 2 amide bonds. The van der Waals surface area contributed by atoms with Crippen molar-refractivity contribution in [3.8, 4) is 0 Å². The van der Waals surface area contributed by atoms with Crippen molar-refractivity contribution in [1.82, 2.24) is 20.4 Å². The number of para-hydroxylation sites is 2. The van der Waals surface area contributed by atoms with E-state index in [1.54, 1.807) is 49.4 Å². The van der Waals surface area contributed by atoms with E-state index in [-0.39, 0.29) is 16.9 Å². The lowest BCUT2D eigenvalue weighted by Crippen LogP contribution is -2.44. The number of benzene rings is 2. The van der Waals surface area contributed by atoms with Gasteiger partial charge in [-0.1, -0.05) is 24.3 Å². The van der Waals surface area contributed by atoms with E-state index in [2.05, 4.69) is 15.8 Å². The van der Waals surface area contributed by atoms with Crippen LogP contribution in [-0.4, -0.2) is 21.4 Å². The van der Waals surface area contributed by atoms with Crippen molar-refractivity contribution in [3.05, 3.63) is 69.8 Å². The van der Waals surface area contributed by atoms with E-state index < -0.39 is 11.8 Å². The van der Waals surface area contributed by atoms with Gasteiger partial charge in [-0.3, -0.25) is 29.8 Å². The van der Waals surface area contributed by atoms with E-state index in [0.29, 0.717) is 16.6 Å². The van der Waals surface area contributed by atoms with Crippen molar-refractivity contribution in [2.24, 2.45) is 7.05 Å². The van der Waals surface area contributed by atoms with Crippen molar-refractivity contribution >= 4 is 28.4 Å². The van der Waals surface area contributed by atoms with Crippen LogP contribution in [0.1, 0.15) is 26.5 Å². The molecular weight excluding hydrogens is 334 g/mol. The molecule has 0 saturated heterocycles. The standard InChI is InChI=1S/C18H17N5O3/c1-10-6-5-8-12(14(10)19)16(24)21-22-17(25)15-20-13-9-4-3-7-11(13)18(26)23(15)2/h3-9H,19H2,1-2H3,(H,21,24)(H,22,25). The lowest BCUT2D eigenvalue weighted by atomic mass is 10.1. The molecule has 1 aromatic heterocycles. The monoisotopic (exact) mass is 351 g/mol. The number of nitrogens with one attached hydrogen (secondary N) is 2. The van der Waals surface area contributed by atoms with Gasteiger partial charge in [-0.15, -0.1) is 0 Å². The van der Waals surface area contributed by atoms with Crippen LogP contribution in [-0.2, 0) is 7.05 Å². The van der Waals surface area contributed by atoms with Crippen LogP contribution in [0.25, 0.3) is 10.9 Å². The Kier molecular flexibility index (Phi) is 4.40. The van der Waals surface area contributed by atoms with Crippen molar-refractivity contribution in [2.75, 3.05) is 5.73 Å². The smallest absolute Gasteiger partial charge is 0.305 e. The summed E-state index contributed by atoms with van der Waals surface area (Å²) in [6, 6.07) is 11.7. The topological polar surface area (TPSA) is 119 Å². The number of hydrogen-bond acceptors (Lipinski definition) is 5. The quantitative estimate of drug-likeness (QED) is 0.468. The zero-order valence-electron chi connectivity index (χ0n) is 14.2. The van der Waals surface area contributed by atoms with Crippen LogP contribution in [0.2, 0.25) is 0 Å². The number of hydrogen-bond donors (Lipinski definition) is 3. The number of anilines is 1. The summed E-state index contributed by atoms with van der Waals surface area (Å²) >= 11 is 0. The second kappa shape index (κ2) is 6.67. The second-order valence-electron chi connectivity index (χ2n) is 5.76. The number of aryl methyl sites for hydroxylation is 1. The van der Waals surface area contributed by atoms with E-state index >= 15 is 0 Å². The molecule has 1 heterocycles. The molecule has 0 aliphatic rings. The molecule has 26 heavy (non-hydrogen) atoms. The number of carbonyl (C=O) groups is 2. The lowest BCUT2D eigenvalue weighted by Gasteiger charge is -2.12. The summed E-state index contributed by atoms with van der Waals surface area (Å²) < 4.78 is 1.13. The second-order valence-corrected chi connectivity index (χ2v) is 5.76. The predicted molar refractivity (Wildman–Crippen MR) is 97.5 cm³/mol. The third kappa shape index (κ3) is 3.00. The maximum Gasteiger partial charge on any atom is 0.305 e. The highest BCUT2D eigenvalue weighted by atomic mass is 16.2. The number of aromatic nitrogens is 2. The van der Waals surface area contributed by atoms with E-state index in [1.165, 1.54) is 7.05 Å². The van der Waals surface area contributed by atoms with Crippen molar-refractivity contribution < 1.29 is 9.59 Å². The zero-order chi connectivity index (χ0) is 18.8. The van der Waals surface area contributed by atoms with E-state index in [1.807, 2.05) is 0 Å². The van der Waals surface area contributed by atoms with Gasteiger partial charge in [-0.2, -0.15) is 0 Å². The number of hydrazine groups is 1. The first-order chi connectivity index (χ1) is 12.4. The molecule has 4 N–H and O–H groups in total. The van der Waals surface area contributed by atoms with Gasteiger partial charge in [0, 0.05) is 12.7 Å². The minimum absolute atomic E-state index is 0.119. The fourth-order valence-corrected chi connectivity index (χ4v) is 2.54. The molecule has 0 aliphatic carbocycles. The Morgan fingerprint density at radius 3 is 2.50 bits per heavy atom. The molecule has 0 saturated carbocycles. The number of nitrogens with zero attached hydrogens (tertiary/aromatic N) is 2. The summed E-state index contributed by atoms with van der Waals surface area (Å²) in [5, 5.41) is 0.406. The van der Waals surface area contributed by atoms with Crippen LogP contribution in [0.5, 0.6) is 0 Å². The summed E-state index contributed by atoms with van der Waals surface area (Å²) in [7, 11) is 1.44. The molecule has 0 unspecified atom stereocenters. The predicted octanol–water partition coefficient (Wildman–Crippen LogP) is 0.899. The van der Waals surface area contributed by atoms with Crippen LogP contribution >= 0.6 is 0 Å². The average molecular weight is 351 g/mol. The maximum atomic E-state index is 12.4. The number of carbonyl (C=O) groups excluding carboxylic acids is 2. The summed E-state index contributed by atoms with van der Waals surface area (Å²) in [5.41, 5.74) is 11.8. The molecule has 0 bridgehead atoms. The Hall–Kier alpha value is -3.68. The van der Waals surface area contributed by atoms with Crippen molar-refractivity contribution in [1.29, 1.82) is 0 Å². The largest absolute Gasteiger partial charge is 0.398 e. The molecule has 132 valence electrons. The Morgan fingerprint density at radius 1 is 1.04 bits per heavy atom. The molecule has 0 spiro atoms. The summed E-state index contributed by atoms with van der Waals surface area (Å²) in [4.78, 5) is 41.1. The highest BCUT2D eigenvalue weighted by Gasteiger charge is 2.17. The highest BCUT2D eigenvalue weighted by molar-refractivity contribution is 6.01. The van der Waals surface area contributed by atoms with Gasteiger partial charge < -0.3 is 5.73 Å². The SMILES string of the molecule is Cc1cccc(C(=O)NNC(=O)c2nc3ccccc3c(=O)n2C)c1N. The lowest BCUT2D eigenvalue weighted by molar-refractivity contribution is 0.0838. The van der Waals surface area contributed by atoms with Gasteiger partial charge in [0.1, 0.15) is 0 Å². The van der Waals surface area contributed by atoms with E-state index in [0.717, 1.165) is 10.1 Å². The van der Waals surface area contributed by atoms with Gasteiger partial charge in [0.15, 0.2) is 0 Å². The Morgan fingerprint density at radius 2 is 1.73 bits per heavy atom. The summed E-state index contributed by atoms with van der Waals surface area (Å²) in [6.07, 6.45) is 0. The molecule has 0 aliphatic heterocycles. The minimum Gasteiger partial charge on any atom is -0.398 e. The van der Waals surface area contributed by atoms with Crippen LogP contribution in [0, 0.1) is 6.92 Å². The highest BCUT2D eigenvalue weighted by Crippen LogP contribution is 2.15. The molecule has 3 rings (SSSR count). The Balaban J connectivity index is 1.84. The summed E-state index contributed by atoms with van der Waals surface area (Å²) in [5.74, 6) is -1.40. The Labute approximate surface area is 148 Å². The number of nitrogen functional groups attached to an aromatic ring is 1. The summed E-state index contributed by atoms with van der Waals surface area (Å²) in [6.45, 7) is 1.78. The number of nitrogens with two attached hydrogens (primary N) is 1. The van der Waals surface area contributed by atoms with E-state index in [9.17, 15) is 14.4 Å². The first-order valence-corrected chi connectivity index (χ1v) is 7.81. The fourth-order valence-electron chi connectivity index (χ4n) is 2.54. The first kappa shape index (κ1) is 17.2. The third-order valence-corrected chi connectivity index (χ3v) is 4.04. The molecule has 0 atom stereocenters. The number of rotatable bonds is 2. The van der Waals surface area contributed by atoms with Gasteiger partial charge in [0.25, 0.3) is 11.5 Å². The van der Waals surface area contributed by atoms with Crippen LogP contribution < -0.4 is 22.1 Å². The van der Waals surface area contributed by atoms with Crippen molar-refractivity contribution in [2.45, 2.75) is 6.92 Å². The molecule has 2 aromatic carbocycles. The first-order valence-electron chi connectivity index (χ1n) is 7.81. The average Bonchev–Trinajstić information content (AvgIpc) is 2.64. The molecule has 8 nitrogen and oxygen atoms in total. The minimum atomic E-state index is -0.713. The molecule has 0 radical (unpaired) electrons. The number of fused-ring (bicyclic) bond motifs is 1. The van der Waals surface area contributed by atoms with Crippen LogP contribution in [0.4, 0.5) is 5.69 Å². The van der Waals surface area contributed by atoms with Gasteiger partial charge in [0.05, 0.1) is 16.5 Å². The van der Waals surface area contributed by atoms with Gasteiger partial charge in [0.2, 0.25) is 5.82 Å². The van der Waals surface area contributed by atoms with Crippen LogP contribution in [0.3, 0.4) is 0 Å².